The van der Waals surface area contributed by atoms with Crippen LogP contribution in [0.3, 0.4) is 0 Å². The van der Waals surface area contributed by atoms with Crippen LogP contribution in [-0.4, -0.2) is 41.3 Å². The number of aryl methyl sites for hydroxylation is 1. The lowest BCUT2D eigenvalue weighted by molar-refractivity contribution is -0.0278. The SMILES string of the molecule is CC1=CCC[C@H](C)[C@H]1CN1CCOC[C@@H]1c1nc(C)no1. The third-order valence-electron chi connectivity index (χ3n) is 4.86. The van der Waals surface area contributed by atoms with Crippen LogP contribution in [0.4, 0.5) is 0 Å². The van der Waals surface area contributed by atoms with Gasteiger partial charge in [-0.05, 0) is 38.5 Å². The molecule has 21 heavy (non-hydrogen) atoms. The number of aromatic nitrogens is 2. The van der Waals surface area contributed by atoms with Gasteiger partial charge in [0, 0.05) is 13.1 Å². The second-order valence-corrected chi connectivity index (χ2v) is 6.37. The van der Waals surface area contributed by atoms with E-state index in [0.29, 0.717) is 24.2 Å². The molecule has 1 aliphatic heterocycles. The highest BCUT2D eigenvalue weighted by molar-refractivity contribution is 5.10. The van der Waals surface area contributed by atoms with E-state index >= 15 is 0 Å². The highest BCUT2D eigenvalue weighted by Crippen LogP contribution is 2.33. The molecule has 2 heterocycles. The van der Waals surface area contributed by atoms with Gasteiger partial charge < -0.3 is 9.26 Å². The summed E-state index contributed by atoms with van der Waals surface area (Å²) in [6.07, 6.45) is 4.91. The van der Waals surface area contributed by atoms with Crippen molar-refractivity contribution in [2.45, 2.75) is 39.7 Å². The Morgan fingerprint density at radius 3 is 2.95 bits per heavy atom. The number of allylic oxidation sites excluding steroid dienone is 1. The fourth-order valence-electron chi connectivity index (χ4n) is 3.48. The third-order valence-corrected chi connectivity index (χ3v) is 4.86. The molecule has 0 N–H and O–H groups in total. The number of hydrogen-bond donors (Lipinski definition) is 0. The van der Waals surface area contributed by atoms with Gasteiger partial charge in [0.15, 0.2) is 5.82 Å². The second-order valence-electron chi connectivity index (χ2n) is 6.37. The van der Waals surface area contributed by atoms with Crippen molar-refractivity contribution in [3.05, 3.63) is 23.4 Å². The molecule has 3 rings (SSSR count). The van der Waals surface area contributed by atoms with Crippen molar-refractivity contribution >= 4 is 0 Å². The molecule has 116 valence electrons. The Bertz CT molecular complexity index is 511. The van der Waals surface area contributed by atoms with Crippen LogP contribution in [0.25, 0.3) is 0 Å². The highest BCUT2D eigenvalue weighted by Gasteiger charge is 2.33. The van der Waals surface area contributed by atoms with Crippen LogP contribution >= 0.6 is 0 Å². The summed E-state index contributed by atoms with van der Waals surface area (Å²) < 4.78 is 11.0. The Morgan fingerprint density at radius 2 is 2.24 bits per heavy atom. The Labute approximate surface area is 126 Å². The fourth-order valence-corrected chi connectivity index (χ4v) is 3.48. The lowest BCUT2D eigenvalue weighted by Crippen LogP contribution is -2.43. The van der Waals surface area contributed by atoms with E-state index in [9.17, 15) is 0 Å². The van der Waals surface area contributed by atoms with Gasteiger partial charge in [0.2, 0.25) is 5.89 Å². The van der Waals surface area contributed by atoms with E-state index in [0.717, 1.165) is 25.6 Å². The molecule has 3 atom stereocenters. The topological polar surface area (TPSA) is 51.4 Å². The molecule has 5 nitrogen and oxygen atoms in total. The van der Waals surface area contributed by atoms with Gasteiger partial charge in [-0.1, -0.05) is 23.7 Å². The van der Waals surface area contributed by atoms with Gasteiger partial charge in [0.25, 0.3) is 0 Å². The molecule has 0 spiro atoms. The van der Waals surface area contributed by atoms with Crippen LogP contribution in [-0.2, 0) is 4.74 Å². The molecule has 1 fully saturated rings. The van der Waals surface area contributed by atoms with Crippen molar-refractivity contribution in [2.75, 3.05) is 26.3 Å². The molecule has 0 bridgehead atoms. The maximum atomic E-state index is 5.63. The van der Waals surface area contributed by atoms with Crippen molar-refractivity contribution in [3.63, 3.8) is 0 Å². The average molecular weight is 291 g/mol. The summed E-state index contributed by atoms with van der Waals surface area (Å²) in [6.45, 7) is 9.91. The molecule has 2 aliphatic rings. The van der Waals surface area contributed by atoms with Crippen molar-refractivity contribution in [1.29, 1.82) is 0 Å². The van der Waals surface area contributed by atoms with E-state index in [1.807, 2.05) is 6.92 Å². The zero-order valence-corrected chi connectivity index (χ0v) is 13.2. The molecular formula is C16H25N3O2. The summed E-state index contributed by atoms with van der Waals surface area (Å²) >= 11 is 0. The lowest BCUT2D eigenvalue weighted by Gasteiger charge is -2.38. The molecule has 1 aromatic rings. The van der Waals surface area contributed by atoms with E-state index in [4.69, 9.17) is 9.26 Å². The normalized spacial score (nSPS) is 31.2. The first-order valence-corrected chi connectivity index (χ1v) is 7.94. The number of hydrogen-bond acceptors (Lipinski definition) is 5. The molecule has 0 amide bonds. The molecule has 1 saturated heterocycles. The van der Waals surface area contributed by atoms with Crippen molar-refractivity contribution in [2.24, 2.45) is 11.8 Å². The largest absolute Gasteiger partial charge is 0.378 e. The van der Waals surface area contributed by atoms with Crippen LogP contribution < -0.4 is 0 Å². The van der Waals surface area contributed by atoms with Crippen molar-refractivity contribution < 1.29 is 9.26 Å². The van der Waals surface area contributed by atoms with Crippen LogP contribution in [0.2, 0.25) is 0 Å². The van der Waals surface area contributed by atoms with Gasteiger partial charge in [-0.3, -0.25) is 4.90 Å². The van der Waals surface area contributed by atoms with Crippen LogP contribution in [0.5, 0.6) is 0 Å². The Morgan fingerprint density at radius 1 is 1.38 bits per heavy atom. The van der Waals surface area contributed by atoms with Gasteiger partial charge in [-0.15, -0.1) is 0 Å². The molecule has 1 aliphatic carbocycles. The molecular weight excluding hydrogens is 266 g/mol. The average Bonchev–Trinajstić information content (AvgIpc) is 2.90. The van der Waals surface area contributed by atoms with E-state index in [2.05, 4.69) is 35.0 Å². The molecule has 5 heteroatoms. The molecule has 0 saturated carbocycles. The fraction of sp³-hybridized carbons (Fsp3) is 0.750. The number of nitrogens with zero attached hydrogens (tertiary/aromatic N) is 3. The zero-order valence-electron chi connectivity index (χ0n) is 13.2. The van der Waals surface area contributed by atoms with E-state index in [-0.39, 0.29) is 6.04 Å². The third kappa shape index (κ3) is 3.19. The predicted molar refractivity (Wildman–Crippen MR) is 79.8 cm³/mol. The standard InChI is InChI=1S/C16H25N3O2/c1-11-5-4-6-12(2)14(11)9-19-7-8-20-10-15(19)16-17-13(3)18-21-16/h5,12,14-15H,4,6-10H2,1-3H3/t12-,14-,15+/m0/s1. The van der Waals surface area contributed by atoms with Gasteiger partial charge in [0.1, 0.15) is 6.04 Å². The van der Waals surface area contributed by atoms with Gasteiger partial charge >= 0.3 is 0 Å². The Kier molecular flexibility index (Phi) is 4.40. The summed E-state index contributed by atoms with van der Waals surface area (Å²) in [6, 6.07) is 0.0990. The van der Waals surface area contributed by atoms with Gasteiger partial charge in [-0.2, -0.15) is 4.98 Å². The summed E-state index contributed by atoms with van der Waals surface area (Å²) in [7, 11) is 0. The maximum absolute atomic E-state index is 5.63. The van der Waals surface area contributed by atoms with E-state index in [1.165, 1.54) is 18.4 Å². The van der Waals surface area contributed by atoms with Crippen LogP contribution in [0.1, 0.15) is 44.4 Å². The number of morpholine rings is 1. The minimum atomic E-state index is 0.0990. The van der Waals surface area contributed by atoms with Gasteiger partial charge in [-0.25, -0.2) is 0 Å². The molecule has 0 unspecified atom stereocenters. The second kappa shape index (κ2) is 6.28. The Balaban J connectivity index is 1.75. The first kappa shape index (κ1) is 14.7. The number of ether oxygens (including phenoxy) is 1. The maximum Gasteiger partial charge on any atom is 0.246 e. The zero-order chi connectivity index (χ0) is 14.8. The van der Waals surface area contributed by atoms with E-state index < -0.39 is 0 Å². The molecule has 0 radical (unpaired) electrons. The molecule has 0 aromatic carbocycles. The quantitative estimate of drug-likeness (QED) is 0.802. The summed E-state index contributed by atoms with van der Waals surface area (Å²) in [5.41, 5.74) is 1.53. The first-order chi connectivity index (χ1) is 10.1. The summed E-state index contributed by atoms with van der Waals surface area (Å²) in [5, 5.41) is 3.92. The smallest absolute Gasteiger partial charge is 0.246 e. The van der Waals surface area contributed by atoms with Gasteiger partial charge in [0.05, 0.1) is 13.2 Å². The van der Waals surface area contributed by atoms with E-state index in [1.54, 1.807) is 0 Å². The van der Waals surface area contributed by atoms with Crippen molar-refractivity contribution in [1.82, 2.24) is 15.0 Å². The summed E-state index contributed by atoms with van der Waals surface area (Å²) in [4.78, 5) is 6.86. The highest BCUT2D eigenvalue weighted by atomic mass is 16.5. The minimum Gasteiger partial charge on any atom is -0.378 e. The lowest BCUT2D eigenvalue weighted by atomic mass is 9.79. The summed E-state index contributed by atoms with van der Waals surface area (Å²) in [5.74, 6) is 2.75. The van der Waals surface area contributed by atoms with Crippen molar-refractivity contribution in [3.8, 4) is 0 Å². The predicted octanol–water partition coefficient (Wildman–Crippen LogP) is 2.74. The number of rotatable bonds is 3. The Hall–Kier alpha value is -1.20. The molecule has 1 aromatic heterocycles. The monoisotopic (exact) mass is 291 g/mol. The van der Waals surface area contributed by atoms with Crippen LogP contribution in [0.15, 0.2) is 16.2 Å². The van der Waals surface area contributed by atoms with Crippen LogP contribution in [0, 0.1) is 18.8 Å². The minimum absolute atomic E-state index is 0.0990. The first-order valence-electron chi connectivity index (χ1n) is 7.94.